The SMILES string of the molecule is CCOC(=O)c1cnc2c(-c3ccc(F)cc3)cnn2c1C. The molecule has 0 fully saturated rings. The van der Waals surface area contributed by atoms with Crippen molar-refractivity contribution >= 4 is 11.6 Å². The molecule has 0 N–H and O–H groups in total. The summed E-state index contributed by atoms with van der Waals surface area (Å²) in [6.07, 6.45) is 3.13. The van der Waals surface area contributed by atoms with Crippen molar-refractivity contribution in [2.24, 2.45) is 0 Å². The van der Waals surface area contributed by atoms with Gasteiger partial charge in [-0.25, -0.2) is 18.7 Å². The van der Waals surface area contributed by atoms with Gasteiger partial charge in [0.15, 0.2) is 5.65 Å². The molecule has 2 aromatic heterocycles. The first-order valence-corrected chi connectivity index (χ1v) is 6.88. The van der Waals surface area contributed by atoms with Gasteiger partial charge in [-0.3, -0.25) is 0 Å². The Morgan fingerprint density at radius 2 is 2.00 bits per heavy atom. The molecule has 0 unspecified atom stereocenters. The van der Waals surface area contributed by atoms with E-state index in [0.29, 0.717) is 23.5 Å². The predicted octanol–water partition coefficient (Wildman–Crippen LogP) is 3.02. The number of hydrogen-bond acceptors (Lipinski definition) is 4. The Kier molecular flexibility index (Phi) is 3.58. The predicted molar refractivity (Wildman–Crippen MR) is 79.1 cm³/mol. The number of esters is 1. The molecule has 5 nitrogen and oxygen atoms in total. The number of nitrogens with zero attached hydrogens (tertiary/aromatic N) is 3. The van der Waals surface area contributed by atoms with Crippen LogP contribution in [-0.2, 0) is 4.74 Å². The van der Waals surface area contributed by atoms with Gasteiger partial charge in [-0.05, 0) is 31.5 Å². The highest BCUT2D eigenvalue weighted by Gasteiger charge is 2.16. The Morgan fingerprint density at radius 3 is 2.68 bits per heavy atom. The van der Waals surface area contributed by atoms with Crippen LogP contribution in [-0.4, -0.2) is 27.2 Å². The second-order valence-corrected chi connectivity index (χ2v) is 4.78. The fourth-order valence-electron chi connectivity index (χ4n) is 2.29. The van der Waals surface area contributed by atoms with Gasteiger partial charge in [0.1, 0.15) is 5.82 Å². The van der Waals surface area contributed by atoms with Crippen LogP contribution in [0.25, 0.3) is 16.8 Å². The highest BCUT2D eigenvalue weighted by molar-refractivity contribution is 5.91. The van der Waals surface area contributed by atoms with E-state index in [1.807, 2.05) is 0 Å². The fourth-order valence-corrected chi connectivity index (χ4v) is 2.29. The van der Waals surface area contributed by atoms with Gasteiger partial charge in [0.25, 0.3) is 0 Å². The third kappa shape index (κ3) is 2.32. The van der Waals surface area contributed by atoms with E-state index in [2.05, 4.69) is 10.1 Å². The average Bonchev–Trinajstić information content (AvgIpc) is 2.93. The molecule has 0 bridgehead atoms. The lowest BCUT2D eigenvalue weighted by Crippen LogP contribution is -2.11. The van der Waals surface area contributed by atoms with Crippen LogP contribution in [0.3, 0.4) is 0 Å². The van der Waals surface area contributed by atoms with Crippen LogP contribution in [0, 0.1) is 12.7 Å². The molecule has 22 heavy (non-hydrogen) atoms. The summed E-state index contributed by atoms with van der Waals surface area (Å²) in [6, 6.07) is 6.11. The Bertz CT molecular complexity index is 840. The summed E-state index contributed by atoms with van der Waals surface area (Å²) in [7, 11) is 0. The number of carbonyl (C=O) groups is 1. The molecule has 0 aliphatic carbocycles. The molecule has 0 spiro atoms. The number of aromatic nitrogens is 3. The number of aryl methyl sites for hydroxylation is 1. The van der Waals surface area contributed by atoms with E-state index >= 15 is 0 Å². The third-order valence-electron chi connectivity index (χ3n) is 3.42. The second kappa shape index (κ2) is 5.55. The summed E-state index contributed by atoms with van der Waals surface area (Å²) in [6.45, 7) is 3.83. The topological polar surface area (TPSA) is 56.5 Å². The Labute approximate surface area is 126 Å². The zero-order valence-corrected chi connectivity index (χ0v) is 12.2. The van der Waals surface area contributed by atoms with Gasteiger partial charge in [0, 0.05) is 11.8 Å². The van der Waals surface area contributed by atoms with Crippen LogP contribution in [0.1, 0.15) is 23.0 Å². The van der Waals surface area contributed by atoms with Crippen LogP contribution in [0.4, 0.5) is 4.39 Å². The maximum atomic E-state index is 13.0. The van der Waals surface area contributed by atoms with Gasteiger partial charge >= 0.3 is 5.97 Å². The number of fused-ring (bicyclic) bond motifs is 1. The molecule has 2 heterocycles. The quantitative estimate of drug-likeness (QED) is 0.698. The largest absolute Gasteiger partial charge is 0.462 e. The minimum Gasteiger partial charge on any atom is -0.462 e. The van der Waals surface area contributed by atoms with Crippen LogP contribution < -0.4 is 0 Å². The van der Waals surface area contributed by atoms with Gasteiger partial charge in [-0.1, -0.05) is 12.1 Å². The molecule has 6 heteroatoms. The van der Waals surface area contributed by atoms with Crippen molar-refractivity contribution in [2.75, 3.05) is 6.61 Å². The molecular weight excluding hydrogens is 285 g/mol. The van der Waals surface area contributed by atoms with E-state index < -0.39 is 5.97 Å². The maximum absolute atomic E-state index is 13.0. The molecule has 3 aromatic rings. The van der Waals surface area contributed by atoms with Crippen molar-refractivity contribution in [1.29, 1.82) is 0 Å². The van der Waals surface area contributed by atoms with Crippen LogP contribution in [0.2, 0.25) is 0 Å². The number of rotatable bonds is 3. The highest BCUT2D eigenvalue weighted by atomic mass is 19.1. The van der Waals surface area contributed by atoms with Crippen molar-refractivity contribution in [3.63, 3.8) is 0 Å². The Morgan fingerprint density at radius 1 is 1.27 bits per heavy atom. The van der Waals surface area contributed by atoms with Gasteiger partial charge in [-0.15, -0.1) is 0 Å². The van der Waals surface area contributed by atoms with Crippen molar-refractivity contribution in [2.45, 2.75) is 13.8 Å². The molecule has 112 valence electrons. The minimum atomic E-state index is -0.423. The smallest absolute Gasteiger partial charge is 0.341 e. The summed E-state index contributed by atoms with van der Waals surface area (Å²) in [5, 5.41) is 4.27. The molecule has 0 saturated heterocycles. The number of hydrogen-bond donors (Lipinski definition) is 0. The molecule has 0 atom stereocenters. The molecule has 3 rings (SSSR count). The Hall–Kier alpha value is -2.76. The third-order valence-corrected chi connectivity index (χ3v) is 3.42. The standard InChI is InChI=1S/C16H14FN3O2/c1-3-22-16(21)13-8-18-15-14(9-19-20(15)10(13)2)11-4-6-12(17)7-5-11/h4-9H,3H2,1-2H3. The number of halogens is 1. The van der Waals surface area contributed by atoms with Crippen molar-refractivity contribution < 1.29 is 13.9 Å². The van der Waals surface area contributed by atoms with E-state index in [0.717, 1.165) is 11.1 Å². The normalized spacial score (nSPS) is 10.9. The van der Waals surface area contributed by atoms with Gasteiger partial charge in [-0.2, -0.15) is 5.10 Å². The zero-order valence-electron chi connectivity index (χ0n) is 12.2. The zero-order chi connectivity index (χ0) is 15.7. The van der Waals surface area contributed by atoms with E-state index in [9.17, 15) is 9.18 Å². The van der Waals surface area contributed by atoms with Gasteiger partial charge in [0.05, 0.1) is 24.1 Å². The lowest BCUT2D eigenvalue weighted by Gasteiger charge is -2.07. The lowest BCUT2D eigenvalue weighted by molar-refractivity contribution is 0.0524. The number of benzene rings is 1. The van der Waals surface area contributed by atoms with Crippen molar-refractivity contribution in [1.82, 2.24) is 14.6 Å². The van der Waals surface area contributed by atoms with Crippen LogP contribution in [0.15, 0.2) is 36.7 Å². The number of carbonyl (C=O) groups excluding carboxylic acids is 1. The molecule has 0 aliphatic rings. The molecule has 0 radical (unpaired) electrons. The molecule has 1 aromatic carbocycles. The van der Waals surface area contributed by atoms with Gasteiger partial charge in [0.2, 0.25) is 0 Å². The molecular formula is C16H14FN3O2. The molecule has 0 amide bonds. The minimum absolute atomic E-state index is 0.297. The molecule has 0 saturated carbocycles. The van der Waals surface area contributed by atoms with E-state index in [1.165, 1.54) is 18.3 Å². The van der Waals surface area contributed by atoms with E-state index in [-0.39, 0.29) is 5.82 Å². The first-order chi connectivity index (χ1) is 10.6. The Balaban J connectivity index is 2.11. The maximum Gasteiger partial charge on any atom is 0.341 e. The molecule has 0 aliphatic heterocycles. The monoisotopic (exact) mass is 299 g/mol. The summed E-state index contributed by atoms with van der Waals surface area (Å²) in [4.78, 5) is 16.2. The summed E-state index contributed by atoms with van der Waals surface area (Å²) in [5.41, 5.74) is 3.22. The van der Waals surface area contributed by atoms with Crippen molar-refractivity contribution in [3.8, 4) is 11.1 Å². The second-order valence-electron chi connectivity index (χ2n) is 4.78. The van der Waals surface area contributed by atoms with E-state index in [1.54, 1.807) is 36.7 Å². The highest BCUT2D eigenvalue weighted by Crippen LogP contribution is 2.24. The fraction of sp³-hybridized carbons (Fsp3) is 0.188. The first-order valence-electron chi connectivity index (χ1n) is 6.88. The van der Waals surface area contributed by atoms with E-state index in [4.69, 9.17) is 4.74 Å². The van der Waals surface area contributed by atoms with Crippen molar-refractivity contribution in [3.05, 3.63) is 53.7 Å². The summed E-state index contributed by atoms with van der Waals surface area (Å²) < 4.78 is 19.6. The summed E-state index contributed by atoms with van der Waals surface area (Å²) >= 11 is 0. The van der Waals surface area contributed by atoms with Crippen LogP contribution >= 0.6 is 0 Å². The summed E-state index contributed by atoms with van der Waals surface area (Å²) in [5.74, 6) is -0.720. The first kappa shape index (κ1) is 14.2. The van der Waals surface area contributed by atoms with Gasteiger partial charge < -0.3 is 4.74 Å². The number of ether oxygens (including phenoxy) is 1. The van der Waals surface area contributed by atoms with Crippen LogP contribution in [0.5, 0.6) is 0 Å². The lowest BCUT2D eigenvalue weighted by atomic mass is 10.1. The average molecular weight is 299 g/mol.